The molecule has 1 amide bonds. The molecule has 6 nitrogen and oxygen atoms in total. The third kappa shape index (κ3) is 5.67. The first kappa shape index (κ1) is 22.6. The minimum absolute atomic E-state index is 0.0192. The number of hydrogen-bond acceptors (Lipinski definition) is 4. The smallest absolute Gasteiger partial charge is 0.406 e. The maximum absolute atomic E-state index is 14.1. The summed E-state index contributed by atoms with van der Waals surface area (Å²) in [6.45, 7) is 3.40. The van der Waals surface area contributed by atoms with E-state index in [-0.39, 0.29) is 24.3 Å². The zero-order chi connectivity index (χ0) is 21.8. The third-order valence-corrected chi connectivity index (χ3v) is 5.91. The van der Waals surface area contributed by atoms with Gasteiger partial charge in [-0.3, -0.25) is 4.79 Å². The van der Waals surface area contributed by atoms with E-state index in [4.69, 9.17) is 0 Å². The molecular formula is C18H18F4N2O4S. The Bertz CT molecular complexity index is 990. The average Bonchev–Trinajstić information content (AvgIpc) is 2.61. The van der Waals surface area contributed by atoms with Gasteiger partial charge in [0.15, 0.2) is 0 Å². The lowest BCUT2D eigenvalue weighted by Crippen LogP contribution is -2.31. The summed E-state index contributed by atoms with van der Waals surface area (Å²) >= 11 is 0. The van der Waals surface area contributed by atoms with Crippen LogP contribution in [-0.4, -0.2) is 38.1 Å². The molecule has 0 saturated heterocycles. The molecule has 0 bridgehead atoms. The minimum atomic E-state index is -4.90. The lowest BCUT2D eigenvalue weighted by Gasteiger charge is -2.19. The number of benzene rings is 2. The van der Waals surface area contributed by atoms with Crippen LogP contribution < -0.4 is 10.1 Å². The van der Waals surface area contributed by atoms with Gasteiger partial charge in [0, 0.05) is 30.4 Å². The lowest BCUT2D eigenvalue weighted by atomic mass is 10.2. The number of hydrogen-bond donors (Lipinski definition) is 1. The van der Waals surface area contributed by atoms with Gasteiger partial charge in [0.2, 0.25) is 10.0 Å². The van der Waals surface area contributed by atoms with Crippen LogP contribution in [0.25, 0.3) is 0 Å². The molecule has 158 valence electrons. The minimum Gasteiger partial charge on any atom is -0.406 e. The zero-order valence-electron chi connectivity index (χ0n) is 15.5. The van der Waals surface area contributed by atoms with Crippen molar-refractivity contribution in [2.24, 2.45) is 0 Å². The van der Waals surface area contributed by atoms with Crippen LogP contribution >= 0.6 is 0 Å². The number of amides is 1. The molecule has 0 aliphatic rings. The van der Waals surface area contributed by atoms with Gasteiger partial charge in [-0.25, -0.2) is 12.8 Å². The first-order valence-corrected chi connectivity index (χ1v) is 9.88. The highest BCUT2D eigenvalue weighted by molar-refractivity contribution is 7.89. The molecular weight excluding hydrogens is 416 g/mol. The molecule has 0 radical (unpaired) electrons. The number of anilines is 1. The second-order valence-corrected chi connectivity index (χ2v) is 7.67. The molecule has 0 atom stereocenters. The lowest BCUT2D eigenvalue weighted by molar-refractivity contribution is -0.274. The molecule has 1 N–H and O–H groups in total. The van der Waals surface area contributed by atoms with Crippen LogP contribution in [0.3, 0.4) is 0 Å². The molecule has 0 spiro atoms. The average molecular weight is 434 g/mol. The van der Waals surface area contributed by atoms with E-state index in [1.807, 2.05) is 0 Å². The molecule has 29 heavy (non-hydrogen) atoms. The number of ether oxygens (including phenoxy) is 1. The fraction of sp³-hybridized carbons (Fsp3) is 0.278. The SMILES string of the molecule is CCN(CC)S(=O)(=O)c1cc(C(=O)Nc2cccc(OC(F)(F)F)c2)ccc1F. The largest absolute Gasteiger partial charge is 0.573 e. The molecule has 11 heteroatoms. The first-order valence-electron chi connectivity index (χ1n) is 8.44. The molecule has 2 rings (SSSR count). The monoisotopic (exact) mass is 434 g/mol. The Morgan fingerprint density at radius 2 is 1.76 bits per heavy atom. The Morgan fingerprint density at radius 3 is 2.34 bits per heavy atom. The Labute approximate surface area is 165 Å². The number of nitrogens with zero attached hydrogens (tertiary/aromatic N) is 1. The summed E-state index contributed by atoms with van der Waals surface area (Å²) in [5, 5.41) is 2.32. The van der Waals surface area contributed by atoms with E-state index in [1.165, 1.54) is 12.1 Å². The molecule has 2 aromatic rings. The number of carbonyl (C=O) groups excluding carboxylic acids is 1. The summed E-state index contributed by atoms with van der Waals surface area (Å²) < 4.78 is 81.0. The predicted molar refractivity (Wildman–Crippen MR) is 97.6 cm³/mol. The van der Waals surface area contributed by atoms with Gasteiger partial charge in [0.1, 0.15) is 16.5 Å². The highest BCUT2D eigenvalue weighted by Gasteiger charge is 2.31. The molecule has 0 aliphatic heterocycles. The second-order valence-electron chi connectivity index (χ2n) is 5.76. The summed E-state index contributed by atoms with van der Waals surface area (Å²) in [5.41, 5.74) is -0.200. The van der Waals surface area contributed by atoms with Crippen molar-refractivity contribution >= 4 is 21.6 Å². The van der Waals surface area contributed by atoms with Crippen LogP contribution in [0.5, 0.6) is 5.75 Å². The van der Waals surface area contributed by atoms with Crippen molar-refractivity contribution in [3.8, 4) is 5.75 Å². The summed E-state index contributed by atoms with van der Waals surface area (Å²) in [6, 6.07) is 7.35. The Morgan fingerprint density at radius 1 is 1.10 bits per heavy atom. The van der Waals surface area contributed by atoms with Gasteiger partial charge in [-0.15, -0.1) is 13.2 Å². The van der Waals surface area contributed by atoms with Gasteiger partial charge in [-0.1, -0.05) is 19.9 Å². The molecule has 0 aromatic heterocycles. The number of rotatable bonds is 7. The van der Waals surface area contributed by atoms with Crippen molar-refractivity contribution in [3.63, 3.8) is 0 Å². The maximum atomic E-state index is 14.1. The normalized spacial score (nSPS) is 12.1. The fourth-order valence-electron chi connectivity index (χ4n) is 2.52. The van der Waals surface area contributed by atoms with E-state index in [0.29, 0.717) is 0 Å². The van der Waals surface area contributed by atoms with E-state index in [0.717, 1.165) is 34.6 Å². The van der Waals surface area contributed by atoms with Crippen molar-refractivity contribution in [1.82, 2.24) is 4.31 Å². The van der Waals surface area contributed by atoms with Crippen molar-refractivity contribution in [1.29, 1.82) is 0 Å². The Hall–Kier alpha value is -2.66. The molecule has 0 aliphatic carbocycles. The first-order chi connectivity index (χ1) is 13.5. The van der Waals surface area contributed by atoms with Crippen molar-refractivity contribution in [2.45, 2.75) is 25.1 Å². The maximum Gasteiger partial charge on any atom is 0.573 e. The van der Waals surface area contributed by atoms with Crippen LogP contribution in [0.2, 0.25) is 0 Å². The van der Waals surface area contributed by atoms with E-state index < -0.39 is 38.8 Å². The summed E-state index contributed by atoms with van der Waals surface area (Å²) in [5.74, 6) is -2.39. The topological polar surface area (TPSA) is 75.7 Å². The van der Waals surface area contributed by atoms with Gasteiger partial charge < -0.3 is 10.1 Å². The number of carbonyl (C=O) groups is 1. The van der Waals surface area contributed by atoms with Crippen LogP contribution in [0, 0.1) is 5.82 Å². The standard InChI is InChI=1S/C18H18F4N2O4S/c1-3-24(4-2)29(26,27)16-10-12(8-9-15(16)19)17(25)23-13-6-5-7-14(11-13)28-18(20,21)22/h5-11H,3-4H2,1-2H3,(H,23,25). The summed E-state index contributed by atoms with van der Waals surface area (Å²) in [6.07, 6.45) is -4.90. The molecule has 2 aromatic carbocycles. The number of halogens is 4. The van der Waals surface area contributed by atoms with E-state index in [1.54, 1.807) is 13.8 Å². The number of sulfonamides is 1. The fourth-order valence-corrected chi connectivity index (χ4v) is 4.07. The Balaban J connectivity index is 2.30. The predicted octanol–water partition coefficient (Wildman–Crippen LogP) is 4.01. The molecule has 0 heterocycles. The highest BCUT2D eigenvalue weighted by atomic mass is 32.2. The molecule has 0 fully saturated rings. The van der Waals surface area contributed by atoms with Crippen LogP contribution in [0.4, 0.5) is 23.2 Å². The van der Waals surface area contributed by atoms with E-state index in [2.05, 4.69) is 10.1 Å². The van der Waals surface area contributed by atoms with Crippen molar-refractivity contribution in [3.05, 3.63) is 53.8 Å². The molecule has 0 saturated carbocycles. The van der Waals surface area contributed by atoms with E-state index in [9.17, 15) is 30.8 Å². The van der Waals surface area contributed by atoms with Crippen LogP contribution in [-0.2, 0) is 10.0 Å². The van der Waals surface area contributed by atoms with E-state index >= 15 is 0 Å². The molecule has 0 unspecified atom stereocenters. The summed E-state index contributed by atoms with van der Waals surface area (Å²) in [7, 11) is -4.15. The third-order valence-electron chi connectivity index (χ3n) is 3.84. The van der Waals surface area contributed by atoms with Gasteiger partial charge >= 0.3 is 6.36 Å². The number of nitrogens with one attached hydrogen (secondary N) is 1. The summed E-state index contributed by atoms with van der Waals surface area (Å²) in [4.78, 5) is 11.7. The highest BCUT2D eigenvalue weighted by Crippen LogP contribution is 2.26. The van der Waals surface area contributed by atoms with Gasteiger partial charge in [-0.05, 0) is 30.3 Å². The zero-order valence-corrected chi connectivity index (χ0v) is 16.3. The second kappa shape index (κ2) is 8.78. The van der Waals surface area contributed by atoms with Crippen molar-refractivity contribution < 1.29 is 35.5 Å². The number of alkyl halides is 3. The van der Waals surface area contributed by atoms with Crippen molar-refractivity contribution in [2.75, 3.05) is 18.4 Å². The quantitative estimate of drug-likeness (QED) is 0.669. The van der Waals surface area contributed by atoms with Gasteiger partial charge in [-0.2, -0.15) is 4.31 Å². The Kier molecular flexibility index (Phi) is 6.85. The van der Waals surface area contributed by atoms with Crippen LogP contribution in [0.15, 0.2) is 47.4 Å². The van der Waals surface area contributed by atoms with Gasteiger partial charge in [0.25, 0.3) is 5.91 Å². The van der Waals surface area contributed by atoms with Crippen LogP contribution in [0.1, 0.15) is 24.2 Å². The van der Waals surface area contributed by atoms with Gasteiger partial charge in [0.05, 0.1) is 0 Å².